The van der Waals surface area contributed by atoms with Crippen molar-refractivity contribution in [1.82, 2.24) is 14.5 Å². The Morgan fingerprint density at radius 1 is 1.25 bits per heavy atom. The van der Waals surface area contributed by atoms with Crippen molar-refractivity contribution >= 4 is 5.91 Å². The van der Waals surface area contributed by atoms with Crippen LogP contribution in [0.5, 0.6) is 11.5 Å². The summed E-state index contributed by atoms with van der Waals surface area (Å²) in [5.74, 6) is 2.54. The van der Waals surface area contributed by atoms with Crippen LogP contribution in [0.1, 0.15) is 25.2 Å². The van der Waals surface area contributed by atoms with Crippen molar-refractivity contribution in [2.75, 3.05) is 19.8 Å². The zero-order valence-electron chi connectivity index (χ0n) is 14.2. The maximum absolute atomic E-state index is 12.6. The molecule has 1 aliphatic heterocycles. The molecule has 2 heterocycles. The van der Waals surface area contributed by atoms with Crippen LogP contribution in [-0.4, -0.2) is 40.1 Å². The third-order valence-electron chi connectivity index (χ3n) is 4.14. The number of rotatable bonds is 6. The Kier molecular flexibility index (Phi) is 5.03. The van der Waals surface area contributed by atoms with Gasteiger partial charge in [-0.25, -0.2) is 4.98 Å². The number of nitrogens with zero attached hydrogens (tertiary/aromatic N) is 3. The number of carbonyl (C=O) groups is 1. The highest BCUT2D eigenvalue weighted by atomic mass is 16.6. The molecular formula is C18H23N3O3. The maximum atomic E-state index is 12.6. The van der Waals surface area contributed by atoms with Gasteiger partial charge in [0.1, 0.15) is 25.6 Å². The van der Waals surface area contributed by atoms with Gasteiger partial charge in [0, 0.05) is 31.9 Å². The topological polar surface area (TPSA) is 56.6 Å². The molecule has 0 N–H and O–H groups in total. The van der Waals surface area contributed by atoms with E-state index in [9.17, 15) is 4.79 Å². The van der Waals surface area contributed by atoms with E-state index >= 15 is 0 Å². The molecule has 0 unspecified atom stereocenters. The number of fused-ring (bicyclic) bond motifs is 1. The first kappa shape index (κ1) is 16.4. The molecular weight excluding hydrogens is 306 g/mol. The summed E-state index contributed by atoms with van der Waals surface area (Å²) in [7, 11) is 0. The van der Waals surface area contributed by atoms with E-state index in [1.54, 1.807) is 6.20 Å². The lowest BCUT2D eigenvalue weighted by atomic mass is 10.1. The van der Waals surface area contributed by atoms with Gasteiger partial charge in [-0.3, -0.25) is 4.79 Å². The summed E-state index contributed by atoms with van der Waals surface area (Å²) >= 11 is 0. The average Bonchev–Trinajstić information content (AvgIpc) is 3.06. The van der Waals surface area contributed by atoms with Crippen molar-refractivity contribution in [1.29, 1.82) is 0 Å². The Balaban J connectivity index is 1.69. The van der Waals surface area contributed by atoms with Crippen LogP contribution in [0.4, 0.5) is 0 Å². The van der Waals surface area contributed by atoms with Crippen LogP contribution in [0.15, 0.2) is 30.6 Å². The van der Waals surface area contributed by atoms with Crippen LogP contribution in [0.3, 0.4) is 0 Å². The molecule has 0 saturated heterocycles. The Morgan fingerprint density at radius 3 is 2.79 bits per heavy atom. The molecule has 0 spiro atoms. The van der Waals surface area contributed by atoms with Crippen LogP contribution in [0, 0.1) is 0 Å². The number of hydrogen-bond acceptors (Lipinski definition) is 4. The first-order valence-corrected chi connectivity index (χ1v) is 8.37. The van der Waals surface area contributed by atoms with Crippen molar-refractivity contribution in [3.05, 3.63) is 42.0 Å². The van der Waals surface area contributed by atoms with Crippen LogP contribution in [0.25, 0.3) is 0 Å². The molecule has 1 aromatic heterocycles. The molecule has 6 nitrogen and oxygen atoms in total. The van der Waals surface area contributed by atoms with Gasteiger partial charge in [0.05, 0.1) is 0 Å². The van der Waals surface area contributed by atoms with Crippen molar-refractivity contribution in [3.8, 4) is 11.5 Å². The second-order valence-electron chi connectivity index (χ2n) is 5.71. The van der Waals surface area contributed by atoms with Gasteiger partial charge in [-0.05, 0) is 24.6 Å². The van der Waals surface area contributed by atoms with Crippen molar-refractivity contribution in [2.45, 2.75) is 33.4 Å². The normalized spacial score (nSPS) is 12.9. The molecule has 1 aromatic carbocycles. The molecule has 0 bridgehead atoms. The molecule has 6 heteroatoms. The fourth-order valence-corrected chi connectivity index (χ4v) is 2.83. The SMILES string of the molecule is CCc1nccn1CC(=O)N(CC)Cc1ccc2c(c1)OCCO2. The van der Waals surface area contributed by atoms with Gasteiger partial charge in [-0.15, -0.1) is 0 Å². The molecule has 0 fully saturated rings. The molecule has 2 aromatic rings. The maximum Gasteiger partial charge on any atom is 0.242 e. The lowest BCUT2D eigenvalue weighted by Crippen LogP contribution is -2.33. The third-order valence-corrected chi connectivity index (χ3v) is 4.14. The number of carbonyl (C=O) groups excluding carboxylic acids is 1. The van der Waals surface area contributed by atoms with E-state index in [4.69, 9.17) is 9.47 Å². The monoisotopic (exact) mass is 329 g/mol. The Labute approximate surface area is 142 Å². The van der Waals surface area contributed by atoms with E-state index in [1.807, 2.05) is 47.7 Å². The van der Waals surface area contributed by atoms with E-state index in [-0.39, 0.29) is 5.91 Å². The number of benzene rings is 1. The number of amides is 1. The average molecular weight is 329 g/mol. The minimum Gasteiger partial charge on any atom is -0.486 e. The highest BCUT2D eigenvalue weighted by Gasteiger charge is 2.17. The molecule has 0 radical (unpaired) electrons. The molecule has 0 saturated carbocycles. The van der Waals surface area contributed by atoms with Crippen LogP contribution in [0.2, 0.25) is 0 Å². The summed E-state index contributed by atoms with van der Waals surface area (Å²) in [4.78, 5) is 18.7. The summed E-state index contributed by atoms with van der Waals surface area (Å²) in [5, 5.41) is 0. The molecule has 128 valence electrons. The Bertz CT molecular complexity index is 711. The number of aryl methyl sites for hydroxylation is 1. The first-order chi connectivity index (χ1) is 11.7. The second-order valence-corrected chi connectivity index (χ2v) is 5.71. The summed E-state index contributed by atoms with van der Waals surface area (Å²) in [6.07, 6.45) is 4.41. The van der Waals surface area contributed by atoms with Gasteiger partial charge in [0.15, 0.2) is 11.5 Å². The minimum atomic E-state index is 0.0834. The van der Waals surface area contributed by atoms with E-state index in [0.29, 0.717) is 32.8 Å². The third kappa shape index (κ3) is 3.53. The van der Waals surface area contributed by atoms with E-state index in [2.05, 4.69) is 4.98 Å². The van der Waals surface area contributed by atoms with Gasteiger partial charge >= 0.3 is 0 Å². The van der Waals surface area contributed by atoms with Crippen LogP contribution >= 0.6 is 0 Å². The van der Waals surface area contributed by atoms with Crippen molar-refractivity contribution < 1.29 is 14.3 Å². The van der Waals surface area contributed by atoms with E-state index < -0.39 is 0 Å². The predicted octanol–water partition coefficient (Wildman–Crippen LogP) is 2.27. The Morgan fingerprint density at radius 2 is 2.04 bits per heavy atom. The molecule has 0 aliphatic carbocycles. The predicted molar refractivity (Wildman–Crippen MR) is 90.1 cm³/mol. The molecule has 1 aliphatic rings. The number of likely N-dealkylation sites (N-methyl/N-ethyl adjacent to an activating group) is 1. The van der Waals surface area contributed by atoms with Crippen LogP contribution in [-0.2, 0) is 24.3 Å². The van der Waals surface area contributed by atoms with Crippen LogP contribution < -0.4 is 9.47 Å². The quantitative estimate of drug-likeness (QED) is 0.816. The van der Waals surface area contributed by atoms with Gasteiger partial charge < -0.3 is 18.9 Å². The lowest BCUT2D eigenvalue weighted by Gasteiger charge is -2.23. The zero-order valence-corrected chi connectivity index (χ0v) is 14.2. The van der Waals surface area contributed by atoms with Gasteiger partial charge in [-0.1, -0.05) is 13.0 Å². The summed E-state index contributed by atoms with van der Waals surface area (Å²) in [6, 6.07) is 5.85. The van der Waals surface area contributed by atoms with Crippen molar-refractivity contribution in [2.24, 2.45) is 0 Å². The van der Waals surface area contributed by atoms with Gasteiger partial charge in [0.2, 0.25) is 5.91 Å². The lowest BCUT2D eigenvalue weighted by molar-refractivity contribution is -0.132. The zero-order chi connectivity index (χ0) is 16.9. The molecule has 3 rings (SSSR count). The summed E-state index contributed by atoms with van der Waals surface area (Å²) < 4.78 is 13.1. The standard InChI is InChI=1S/C18H23N3O3/c1-3-17-19-7-8-21(17)13-18(22)20(4-2)12-14-5-6-15-16(11-14)24-10-9-23-15/h5-8,11H,3-4,9-10,12-13H2,1-2H3. The fourth-order valence-electron chi connectivity index (χ4n) is 2.83. The molecule has 24 heavy (non-hydrogen) atoms. The highest BCUT2D eigenvalue weighted by molar-refractivity contribution is 5.76. The van der Waals surface area contributed by atoms with E-state index in [0.717, 1.165) is 29.3 Å². The first-order valence-electron chi connectivity index (χ1n) is 8.37. The molecule has 1 amide bonds. The smallest absolute Gasteiger partial charge is 0.242 e. The Hall–Kier alpha value is -2.50. The van der Waals surface area contributed by atoms with Gasteiger partial charge in [-0.2, -0.15) is 0 Å². The number of aromatic nitrogens is 2. The minimum absolute atomic E-state index is 0.0834. The summed E-state index contributed by atoms with van der Waals surface area (Å²) in [5.41, 5.74) is 1.04. The number of imidazole rings is 1. The van der Waals surface area contributed by atoms with Gasteiger partial charge in [0.25, 0.3) is 0 Å². The fraction of sp³-hybridized carbons (Fsp3) is 0.444. The van der Waals surface area contributed by atoms with Crippen molar-refractivity contribution in [3.63, 3.8) is 0 Å². The largest absolute Gasteiger partial charge is 0.486 e. The number of ether oxygens (including phenoxy) is 2. The molecule has 0 atom stereocenters. The highest BCUT2D eigenvalue weighted by Crippen LogP contribution is 2.31. The number of hydrogen-bond donors (Lipinski definition) is 0. The second kappa shape index (κ2) is 7.38. The summed E-state index contributed by atoms with van der Waals surface area (Å²) in [6.45, 7) is 6.71. The van der Waals surface area contributed by atoms with E-state index in [1.165, 1.54) is 0 Å².